The molecule has 1 aliphatic rings. The molecule has 12 heteroatoms. The predicted molar refractivity (Wildman–Crippen MR) is 116 cm³/mol. The number of carboxylic acid groups (broad SMARTS) is 1. The number of nitrogens with one attached hydrogen (secondary N) is 4. The molecule has 1 heterocycles. The second kappa shape index (κ2) is 9.92. The van der Waals surface area contributed by atoms with Crippen molar-refractivity contribution >= 4 is 35.1 Å². The SMILES string of the molecule is CC(C)NC(=O)[C@H]1CCC[C@H]1Nc1nc(Nc2ccc(NC(=O)O)cc2)ncc1C(F)(F)F. The van der Waals surface area contributed by atoms with Crippen LogP contribution in [0, 0.1) is 5.92 Å². The van der Waals surface area contributed by atoms with Gasteiger partial charge in [0.2, 0.25) is 11.9 Å². The minimum Gasteiger partial charge on any atom is -0.465 e. The second-order valence-electron chi connectivity index (χ2n) is 8.04. The number of aromatic nitrogens is 2. The second-order valence-corrected chi connectivity index (χ2v) is 8.04. The van der Waals surface area contributed by atoms with Crippen molar-refractivity contribution in [1.82, 2.24) is 15.3 Å². The Morgan fingerprint density at radius 1 is 1.12 bits per heavy atom. The topological polar surface area (TPSA) is 128 Å². The number of hydrogen-bond acceptors (Lipinski definition) is 6. The van der Waals surface area contributed by atoms with E-state index in [4.69, 9.17) is 5.11 Å². The number of amides is 2. The molecule has 1 aromatic carbocycles. The van der Waals surface area contributed by atoms with Crippen LogP contribution in [0.25, 0.3) is 0 Å². The van der Waals surface area contributed by atoms with Gasteiger partial charge in [-0.2, -0.15) is 18.2 Å². The third kappa shape index (κ3) is 6.46. The number of carbonyl (C=O) groups is 2. The Bertz CT molecular complexity index is 998. The summed E-state index contributed by atoms with van der Waals surface area (Å²) in [5, 5.41) is 19.4. The van der Waals surface area contributed by atoms with Gasteiger partial charge in [0.1, 0.15) is 11.4 Å². The summed E-state index contributed by atoms with van der Waals surface area (Å²) < 4.78 is 40.7. The van der Waals surface area contributed by atoms with Crippen LogP contribution in [0.15, 0.2) is 30.5 Å². The number of nitrogens with zero attached hydrogens (tertiary/aromatic N) is 2. The highest BCUT2D eigenvalue weighted by Gasteiger charge is 2.38. The van der Waals surface area contributed by atoms with Gasteiger partial charge in [-0.25, -0.2) is 9.78 Å². The van der Waals surface area contributed by atoms with Crippen LogP contribution in [0.4, 0.5) is 41.1 Å². The molecule has 2 aromatic rings. The zero-order valence-electron chi connectivity index (χ0n) is 18.0. The first-order chi connectivity index (χ1) is 15.5. The van der Waals surface area contributed by atoms with Crippen molar-refractivity contribution in [1.29, 1.82) is 0 Å². The molecule has 0 bridgehead atoms. The summed E-state index contributed by atoms with van der Waals surface area (Å²) in [4.78, 5) is 31.0. The van der Waals surface area contributed by atoms with Crippen LogP contribution >= 0.6 is 0 Å². The number of carbonyl (C=O) groups excluding carboxylic acids is 1. The molecule has 178 valence electrons. The maximum absolute atomic E-state index is 13.6. The molecule has 1 fully saturated rings. The Hall–Kier alpha value is -3.57. The number of benzene rings is 1. The molecule has 0 aliphatic heterocycles. The fourth-order valence-electron chi connectivity index (χ4n) is 3.66. The predicted octanol–water partition coefficient (Wildman–Crippen LogP) is 4.43. The molecule has 0 saturated heterocycles. The average molecular weight is 466 g/mol. The Kier molecular flexibility index (Phi) is 7.24. The summed E-state index contributed by atoms with van der Waals surface area (Å²) >= 11 is 0. The highest BCUT2D eigenvalue weighted by molar-refractivity contribution is 5.83. The number of rotatable bonds is 7. The van der Waals surface area contributed by atoms with E-state index in [9.17, 15) is 22.8 Å². The van der Waals surface area contributed by atoms with E-state index in [2.05, 4.69) is 31.2 Å². The van der Waals surface area contributed by atoms with Crippen molar-refractivity contribution in [3.8, 4) is 0 Å². The van der Waals surface area contributed by atoms with Gasteiger partial charge in [-0.1, -0.05) is 6.42 Å². The highest BCUT2D eigenvalue weighted by atomic mass is 19.4. The van der Waals surface area contributed by atoms with Crippen LogP contribution in [-0.2, 0) is 11.0 Å². The summed E-state index contributed by atoms with van der Waals surface area (Å²) in [6.45, 7) is 3.65. The Labute approximate surface area is 188 Å². The summed E-state index contributed by atoms with van der Waals surface area (Å²) in [7, 11) is 0. The smallest absolute Gasteiger partial charge is 0.421 e. The largest absolute Gasteiger partial charge is 0.465 e. The van der Waals surface area contributed by atoms with Gasteiger partial charge >= 0.3 is 12.3 Å². The van der Waals surface area contributed by atoms with Crippen molar-refractivity contribution in [3.63, 3.8) is 0 Å². The van der Waals surface area contributed by atoms with Gasteiger partial charge in [0, 0.05) is 29.7 Å². The van der Waals surface area contributed by atoms with Crippen LogP contribution in [0.3, 0.4) is 0 Å². The van der Waals surface area contributed by atoms with Crippen molar-refractivity contribution in [2.45, 2.75) is 51.4 Å². The molecule has 2 atom stereocenters. The molecule has 0 spiro atoms. The highest BCUT2D eigenvalue weighted by Crippen LogP contribution is 2.36. The summed E-state index contributed by atoms with van der Waals surface area (Å²) in [5.41, 5.74) is -0.244. The van der Waals surface area contributed by atoms with Gasteiger partial charge < -0.3 is 21.1 Å². The van der Waals surface area contributed by atoms with Crippen LogP contribution < -0.4 is 21.3 Å². The zero-order valence-corrected chi connectivity index (χ0v) is 18.0. The van der Waals surface area contributed by atoms with Crippen molar-refractivity contribution in [2.75, 3.05) is 16.0 Å². The Morgan fingerprint density at radius 3 is 2.39 bits per heavy atom. The zero-order chi connectivity index (χ0) is 24.2. The summed E-state index contributed by atoms with van der Waals surface area (Å²) in [6.07, 6.45) is -3.38. The lowest BCUT2D eigenvalue weighted by atomic mass is 10.0. The minimum atomic E-state index is -4.68. The fraction of sp³-hybridized carbons (Fsp3) is 0.429. The van der Waals surface area contributed by atoms with Gasteiger partial charge in [-0.3, -0.25) is 10.1 Å². The fourth-order valence-corrected chi connectivity index (χ4v) is 3.66. The molecule has 1 saturated carbocycles. The van der Waals surface area contributed by atoms with E-state index in [1.54, 1.807) is 0 Å². The monoisotopic (exact) mass is 466 g/mol. The lowest BCUT2D eigenvalue weighted by Gasteiger charge is -2.24. The van der Waals surface area contributed by atoms with Gasteiger partial charge in [-0.05, 0) is 51.0 Å². The van der Waals surface area contributed by atoms with Crippen molar-refractivity contribution in [2.24, 2.45) is 5.92 Å². The van der Waals surface area contributed by atoms with Gasteiger partial charge in [0.15, 0.2) is 0 Å². The standard InChI is InChI=1S/C21H25F3N6O3/c1-11(2)26-18(31)14-4-3-5-16(14)29-17-15(21(22,23)24)10-25-19(30-17)27-12-6-8-13(9-7-12)28-20(32)33/h6-11,14,16,28H,3-5H2,1-2H3,(H,26,31)(H,32,33)(H2,25,27,29,30)/t14-,16+/m0/s1. The average Bonchev–Trinajstić information content (AvgIpc) is 3.16. The molecule has 33 heavy (non-hydrogen) atoms. The normalized spacial score (nSPS) is 18.1. The Balaban J connectivity index is 1.82. The van der Waals surface area contributed by atoms with E-state index in [1.165, 1.54) is 24.3 Å². The maximum atomic E-state index is 13.6. The number of hydrogen-bond donors (Lipinski definition) is 5. The van der Waals surface area contributed by atoms with E-state index in [-0.39, 0.29) is 17.9 Å². The minimum absolute atomic E-state index is 0.0728. The van der Waals surface area contributed by atoms with E-state index in [0.29, 0.717) is 36.8 Å². The van der Waals surface area contributed by atoms with Gasteiger partial charge in [0.05, 0.1) is 5.92 Å². The van der Waals surface area contributed by atoms with Gasteiger partial charge in [-0.15, -0.1) is 0 Å². The van der Waals surface area contributed by atoms with Crippen LogP contribution in [0.5, 0.6) is 0 Å². The molecular weight excluding hydrogens is 441 g/mol. The third-order valence-electron chi connectivity index (χ3n) is 5.09. The Morgan fingerprint density at radius 2 is 1.79 bits per heavy atom. The molecule has 3 rings (SSSR count). The molecule has 0 unspecified atom stereocenters. The van der Waals surface area contributed by atoms with E-state index in [0.717, 1.165) is 0 Å². The molecule has 1 aliphatic carbocycles. The maximum Gasteiger partial charge on any atom is 0.421 e. The molecule has 2 amide bonds. The van der Waals surface area contributed by atoms with Crippen molar-refractivity contribution < 1.29 is 27.9 Å². The molecule has 0 radical (unpaired) electrons. The third-order valence-corrected chi connectivity index (χ3v) is 5.09. The lowest BCUT2D eigenvalue weighted by molar-refractivity contribution is -0.137. The first-order valence-corrected chi connectivity index (χ1v) is 10.4. The van der Waals surface area contributed by atoms with Crippen LogP contribution in [0.1, 0.15) is 38.7 Å². The molecular formula is C21H25F3N6O3. The van der Waals surface area contributed by atoms with Crippen molar-refractivity contribution in [3.05, 3.63) is 36.0 Å². The molecule has 9 nitrogen and oxygen atoms in total. The molecule has 5 N–H and O–H groups in total. The summed E-state index contributed by atoms with van der Waals surface area (Å²) in [6, 6.07) is 5.46. The number of alkyl halides is 3. The number of anilines is 4. The lowest BCUT2D eigenvalue weighted by Crippen LogP contribution is -2.41. The van der Waals surface area contributed by atoms with Crippen LogP contribution in [-0.4, -0.2) is 39.2 Å². The van der Waals surface area contributed by atoms with E-state index < -0.39 is 35.6 Å². The number of halogens is 3. The van der Waals surface area contributed by atoms with E-state index >= 15 is 0 Å². The van der Waals surface area contributed by atoms with Crippen LogP contribution in [0.2, 0.25) is 0 Å². The first kappa shape index (κ1) is 24.1. The van der Waals surface area contributed by atoms with E-state index in [1.807, 2.05) is 13.8 Å². The first-order valence-electron chi connectivity index (χ1n) is 10.4. The summed E-state index contributed by atoms with van der Waals surface area (Å²) in [5.74, 6) is -1.14. The molecule has 1 aromatic heterocycles. The quantitative estimate of drug-likeness (QED) is 0.408. The van der Waals surface area contributed by atoms with Gasteiger partial charge in [0.25, 0.3) is 0 Å².